The second-order valence-corrected chi connectivity index (χ2v) is 4.97. The highest BCUT2D eigenvalue weighted by Crippen LogP contribution is 2.30. The first-order chi connectivity index (χ1) is 9.54. The molecule has 0 radical (unpaired) electrons. The number of halogens is 3. The third-order valence-corrected chi connectivity index (χ3v) is 3.55. The Morgan fingerprint density at radius 1 is 1.10 bits per heavy atom. The van der Waals surface area contributed by atoms with Gasteiger partial charge in [0, 0.05) is 16.3 Å². The Morgan fingerprint density at radius 2 is 1.95 bits per heavy atom. The maximum atomic E-state index is 12.6. The molecule has 0 aliphatic heterocycles. The number of fused-ring (bicyclic) bond motifs is 1. The summed E-state index contributed by atoms with van der Waals surface area (Å²) in [6.07, 6.45) is -2.85. The van der Waals surface area contributed by atoms with Gasteiger partial charge in [0.15, 0.2) is 0 Å². The van der Waals surface area contributed by atoms with Gasteiger partial charge in [0.05, 0.1) is 0 Å². The van der Waals surface area contributed by atoms with Gasteiger partial charge in [0.2, 0.25) is 0 Å². The van der Waals surface area contributed by atoms with Gasteiger partial charge in [-0.2, -0.15) is 13.2 Å². The van der Waals surface area contributed by atoms with Gasteiger partial charge < -0.3 is 5.32 Å². The van der Waals surface area contributed by atoms with Gasteiger partial charge in [-0.3, -0.25) is 0 Å². The second kappa shape index (κ2) is 4.75. The fraction of sp³-hybridized carbons (Fsp3) is 0.0769. The number of nitrogens with zero attached hydrogens (tertiary/aromatic N) is 2. The van der Waals surface area contributed by atoms with E-state index in [4.69, 9.17) is 0 Å². The third kappa shape index (κ3) is 2.44. The molecule has 20 heavy (non-hydrogen) atoms. The third-order valence-electron chi connectivity index (χ3n) is 2.67. The number of anilines is 2. The number of thiophene rings is 1. The van der Waals surface area contributed by atoms with E-state index in [-0.39, 0.29) is 5.82 Å². The molecule has 0 saturated heterocycles. The Hall–Kier alpha value is -2.15. The molecule has 3 nitrogen and oxygen atoms in total. The lowest BCUT2D eigenvalue weighted by Gasteiger charge is -2.09. The van der Waals surface area contributed by atoms with Crippen LogP contribution in [0.4, 0.5) is 24.8 Å². The molecule has 3 aromatic heterocycles. The standard InChI is InChI=1S/C13H8F3N3S/c14-13(15,16)10-2-1-3-11(18-10)19-12-8-5-7-20-9(8)4-6-17-12/h1-7H,(H,17,18,19). The van der Waals surface area contributed by atoms with E-state index < -0.39 is 11.9 Å². The number of pyridine rings is 2. The van der Waals surface area contributed by atoms with Crippen LogP contribution in [0, 0.1) is 0 Å². The minimum absolute atomic E-state index is 0.117. The lowest BCUT2D eigenvalue weighted by molar-refractivity contribution is -0.141. The van der Waals surface area contributed by atoms with Crippen molar-refractivity contribution in [3.05, 3.63) is 47.6 Å². The molecule has 0 bridgehead atoms. The monoisotopic (exact) mass is 295 g/mol. The number of aromatic nitrogens is 2. The van der Waals surface area contributed by atoms with Crippen LogP contribution in [0.5, 0.6) is 0 Å². The first kappa shape index (κ1) is 12.9. The van der Waals surface area contributed by atoms with Crippen molar-refractivity contribution < 1.29 is 13.2 Å². The summed E-state index contributed by atoms with van der Waals surface area (Å²) in [4.78, 5) is 7.70. The molecule has 0 aromatic carbocycles. The van der Waals surface area contributed by atoms with Gasteiger partial charge in [-0.05, 0) is 29.6 Å². The molecule has 0 aliphatic carbocycles. The number of hydrogen-bond donors (Lipinski definition) is 1. The molecule has 0 saturated carbocycles. The predicted molar refractivity (Wildman–Crippen MR) is 72.1 cm³/mol. The van der Waals surface area contributed by atoms with Gasteiger partial charge in [0.25, 0.3) is 0 Å². The molecule has 0 aliphatic rings. The van der Waals surface area contributed by atoms with Gasteiger partial charge in [-0.1, -0.05) is 6.07 Å². The molecule has 3 heterocycles. The number of alkyl halides is 3. The van der Waals surface area contributed by atoms with Crippen LogP contribution in [0.1, 0.15) is 5.69 Å². The van der Waals surface area contributed by atoms with Gasteiger partial charge >= 0.3 is 6.18 Å². The summed E-state index contributed by atoms with van der Waals surface area (Å²) in [6, 6.07) is 7.44. The zero-order chi connectivity index (χ0) is 14.2. The summed E-state index contributed by atoms with van der Waals surface area (Å²) in [7, 11) is 0. The summed E-state index contributed by atoms with van der Waals surface area (Å²) in [5.74, 6) is 0.613. The Kier molecular flexibility index (Phi) is 3.06. The van der Waals surface area contributed by atoms with Crippen LogP contribution in [-0.2, 0) is 6.18 Å². The predicted octanol–water partition coefficient (Wildman–Crippen LogP) is 4.45. The highest BCUT2D eigenvalue weighted by Gasteiger charge is 2.32. The largest absolute Gasteiger partial charge is 0.433 e. The van der Waals surface area contributed by atoms with Gasteiger partial charge in [-0.25, -0.2) is 9.97 Å². The first-order valence-electron chi connectivity index (χ1n) is 5.67. The van der Waals surface area contributed by atoms with Crippen LogP contribution in [0.3, 0.4) is 0 Å². The highest BCUT2D eigenvalue weighted by molar-refractivity contribution is 7.17. The van der Waals surface area contributed by atoms with Crippen LogP contribution in [0.25, 0.3) is 10.1 Å². The number of hydrogen-bond acceptors (Lipinski definition) is 4. The van der Waals surface area contributed by atoms with Crippen LogP contribution in [-0.4, -0.2) is 9.97 Å². The lowest BCUT2D eigenvalue weighted by atomic mass is 10.3. The highest BCUT2D eigenvalue weighted by atomic mass is 32.1. The minimum atomic E-state index is -4.46. The van der Waals surface area contributed by atoms with Gasteiger partial charge in [0.1, 0.15) is 17.3 Å². The fourth-order valence-electron chi connectivity index (χ4n) is 1.78. The number of nitrogens with one attached hydrogen (secondary N) is 1. The van der Waals surface area contributed by atoms with Crippen molar-refractivity contribution in [3.8, 4) is 0 Å². The van der Waals surface area contributed by atoms with Crippen molar-refractivity contribution in [3.63, 3.8) is 0 Å². The summed E-state index contributed by atoms with van der Waals surface area (Å²) in [5.41, 5.74) is -0.931. The smallest absolute Gasteiger partial charge is 0.324 e. The molecule has 7 heteroatoms. The average Bonchev–Trinajstić information content (AvgIpc) is 2.87. The van der Waals surface area contributed by atoms with E-state index in [9.17, 15) is 13.2 Å². The average molecular weight is 295 g/mol. The van der Waals surface area contributed by atoms with Crippen molar-refractivity contribution in [2.75, 3.05) is 5.32 Å². The first-order valence-corrected chi connectivity index (χ1v) is 6.55. The van der Waals surface area contributed by atoms with Crippen LogP contribution in [0.2, 0.25) is 0 Å². The molecular weight excluding hydrogens is 287 g/mol. The van der Waals surface area contributed by atoms with Crippen molar-refractivity contribution in [2.45, 2.75) is 6.18 Å². The van der Waals surface area contributed by atoms with Crippen LogP contribution in [0.15, 0.2) is 41.9 Å². The molecule has 102 valence electrons. The Balaban J connectivity index is 1.97. The van der Waals surface area contributed by atoms with Crippen LogP contribution >= 0.6 is 11.3 Å². The lowest BCUT2D eigenvalue weighted by Crippen LogP contribution is -2.09. The second-order valence-electron chi connectivity index (χ2n) is 4.02. The minimum Gasteiger partial charge on any atom is -0.324 e. The zero-order valence-electron chi connectivity index (χ0n) is 9.98. The fourth-order valence-corrected chi connectivity index (χ4v) is 2.56. The SMILES string of the molecule is FC(F)(F)c1cccc(Nc2nccc3sccc23)n1. The Labute approximate surface area is 116 Å². The molecular formula is C13H8F3N3S. The Bertz CT molecular complexity index is 752. The van der Waals surface area contributed by atoms with E-state index in [0.29, 0.717) is 5.82 Å². The van der Waals surface area contributed by atoms with Crippen molar-refractivity contribution in [2.24, 2.45) is 0 Å². The summed E-state index contributed by atoms with van der Waals surface area (Å²) in [5, 5.41) is 5.59. The molecule has 0 fully saturated rings. The maximum Gasteiger partial charge on any atom is 0.433 e. The van der Waals surface area contributed by atoms with Crippen molar-refractivity contribution in [1.82, 2.24) is 9.97 Å². The molecule has 0 amide bonds. The van der Waals surface area contributed by atoms with Crippen molar-refractivity contribution in [1.29, 1.82) is 0 Å². The molecule has 0 spiro atoms. The topological polar surface area (TPSA) is 37.8 Å². The molecule has 1 N–H and O–H groups in total. The van der Waals surface area contributed by atoms with E-state index in [2.05, 4.69) is 15.3 Å². The maximum absolute atomic E-state index is 12.6. The van der Waals surface area contributed by atoms with E-state index in [1.807, 2.05) is 17.5 Å². The summed E-state index contributed by atoms with van der Waals surface area (Å²) >= 11 is 1.54. The van der Waals surface area contributed by atoms with E-state index >= 15 is 0 Å². The summed E-state index contributed by atoms with van der Waals surface area (Å²) in [6.45, 7) is 0. The molecule has 3 aromatic rings. The molecule has 0 atom stereocenters. The van der Waals surface area contributed by atoms with E-state index in [1.54, 1.807) is 6.20 Å². The van der Waals surface area contributed by atoms with E-state index in [1.165, 1.54) is 23.5 Å². The molecule has 3 rings (SSSR count). The van der Waals surface area contributed by atoms with Crippen LogP contribution < -0.4 is 5.32 Å². The zero-order valence-corrected chi connectivity index (χ0v) is 10.8. The summed E-state index contributed by atoms with van der Waals surface area (Å²) < 4.78 is 38.8. The number of rotatable bonds is 2. The quantitative estimate of drug-likeness (QED) is 0.758. The van der Waals surface area contributed by atoms with E-state index in [0.717, 1.165) is 16.2 Å². The van der Waals surface area contributed by atoms with Crippen molar-refractivity contribution >= 4 is 33.1 Å². The van der Waals surface area contributed by atoms with Gasteiger partial charge in [-0.15, -0.1) is 11.3 Å². The molecule has 0 unspecified atom stereocenters. The normalized spacial score (nSPS) is 11.8. The Morgan fingerprint density at radius 3 is 2.75 bits per heavy atom.